The maximum Gasteiger partial charge on any atom is 0.246 e. The third-order valence-corrected chi connectivity index (χ3v) is 3.88. The standard InChI is InChI=1S/C15H22N2O2/c1-11-4-6-13(7-5-11)17-12(2)8-9-16(3)14(10-18)15(17)19/h4-7,12,14,18H,8-10H2,1-3H3. The summed E-state index contributed by atoms with van der Waals surface area (Å²) in [5.41, 5.74) is 2.09. The summed E-state index contributed by atoms with van der Waals surface area (Å²) in [6.07, 6.45) is 0.909. The Morgan fingerprint density at radius 1 is 1.32 bits per heavy atom. The molecule has 1 heterocycles. The van der Waals surface area contributed by atoms with Crippen LogP contribution in [0.3, 0.4) is 0 Å². The predicted molar refractivity (Wildman–Crippen MR) is 76.2 cm³/mol. The minimum absolute atomic E-state index is 0.0150. The first kappa shape index (κ1) is 14.0. The largest absolute Gasteiger partial charge is 0.394 e. The van der Waals surface area contributed by atoms with Gasteiger partial charge < -0.3 is 10.0 Å². The van der Waals surface area contributed by atoms with Gasteiger partial charge in [0.15, 0.2) is 0 Å². The number of nitrogens with zero attached hydrogens (tertiary/aromatic N) is 2. The quantitative estimate of drug-likeness (QED) is 0.876. The molecule has 0 aliphatic carbocycles. The van der Waals surface area contributed by atoms with E-state index < -0.39 is 6.04 Å². The zero-order valence-electron chi connectivity index (χ0n) is 11.8. The van der Waals surface area contributed by atoms with Gasteiger partial charge in [0.05, 0.1) is 6.61 Å². The lowest BCUT2D eigenvalue weighted by Gasteiger charge is -2.30. The van der Waals surface area contributed by atoms with E-state index in [0.29, 0.717) is 0 Å². The molecule has 0 aromatic heterocycles. The molecule has 0 spiro atoms. The minimum atomic E-state index is -0.439. The Kier molecular flexibility index (Phi) is 4.22. The van der Waals surface area contributed by atoms with Gasteiger partial charge in [0.25, 0.3) is 0 Å². The summed E-state index contributed by atoms with van der Waals surface area (Å²) in [5, 5.41) is 9.46. The minimum Gasteiger partial charge on any atom is -0.394 e. The van der Waals surface area contributed by atoms with Crippen LogP contribution < -0.4 is 4.90 Å². The van der Waals surface area contributed by atoms with E-state index in [1.54, 1.807) is 0 Å². The molecule has 4 nitrogen and oxygen atoms in total. The molecule has 1 N–H and O–H groups in total. The number of rotatable bonds is 2. The van der Waals surface area contributed by atoms with Crippen LogP contribution in [0.4, 0.5) is 5.69 Å². The summed E-state index contributed by atoms with van der Waals surface area (Å²) in [4.78, 5) is 16.4. The average Bonchev–Trinajstić information content (AvgIpc) is 2.49. The van der Waals surface area contributed by atoms with Gasteiger partial charge >= 0.3 is 0 Å². The van der Waals surface area contributed by atoms with E-state index in [2.05, 4.69) is 6.92 Å². The molecule has 104 valence electrons. The van der Waals surface area contributed by atoms with Crippen LogP contribution in [0.5, 0.6) is 0 Å². The SMILES string of the molecule is Cc1ccc(N2C(=O)C(CO)N(C)CCC2C)cc1. The van der Waals surface area contributed by atoms with Crippen molar-refractivity contribution in [2.45, 2.75) is 32.4 Å². The van der Waals surface area contributed by atoms with Crippen molar-refractivity contribution in [2.75, 3.05) is 25.1 Å². The highest BCUT2D eigenvalue weighted by Gasteiger charge is 2.34. The number of aliphatic hydroxyl groups excluding tert-OH is 1. The lowest BCUT2D eigenvalue weighted by molar-refractivity contribution is -0.124. The van der Waals surface area contributed by atoms with Crippen molar-refractivity contribution in [3.63, 3.8) is 0 Å². The van der Waals surface area contributed by atoms with Gasteiger partial charge in [-0.15, -0.1) is 0 Å². The van der Waals surface area contributed by atoms with Gasteiger partial charge in [-0.1, -0.05) is 17.7 Å². The number of amides is 1. The molecule has 1 aliphatic heterocycles. The second kappa shape index (κ2) is 5.72. The van der Waals surface area contributed by atoms with Gasteiger partial charge in [-0.05, 0) is 39.4 Å². The third kappa shape index (κ3) is 2.80. The number of aliphatic hydroxyl groups is 1. The second-order valence-electron chi connectivity index (χ2n) is 5.36. The topological polar surface area (TPSA) is 43.8 Å². The Morgan fingerprint density at radius 2 is 1.95 bits per heavy atom. The number of carbonyl (C=O) groups excluding carboxylic acids is 1. The highest BCUT2D eigenvalue weighted by Crippen LogP contribution is 2.24. The lowest BCUT2D eigenvalue weighted by atomic mass is 10.1. The second-order valence-corrected chi connectivity index (χ2v) is 5.36. The van der Waals surface area contributed by atoms with E-state index >= 15 is 0 Å². The summed E-state index contributed by atoms with van der Waals surface area (Å²) in [6, 6.07) is 7.68. The lowest BCUT2D eigenvalue weighted by Crippen LogP contribution is -2.48. The average molecular weight is 262 g/mol. The zero-order valence-corrected chi connectivity index (χ0v) is 11.8. The van der Waals surface area contributed by atoms with E-state index in [1.165, 1.54) is 5.56 Å². The fraction of sp³-hybridized carbons (Fsp3) is 0.533. The summed E-state index contributed by atoms with van der Waals surface area (Å²) in [7, 11) is 1.89. The van der Waals surface area contributed by atoms with Crippen LogP contribution in [0.1, 0.15) is 18.9 Å². The fourth-order valence-electron chi connectivity index (χ4n) is 2.55. The summed E-state index contributed by atoms with van der Waals surface area (Å²) in [6.45, 7) is 4.78. The Bertz CT molecular complexity index is 444. The molecular formula is C15H22N2O2. The van der Waals surface area contributed by atoms with Gasteiger partial charge in [-0.25, -0.2) is 0 Å². The van der Waals surface area contributed by atoms with E-state index in [0.717, 1.165) is 18.7 Å². The first-order chi connectivity index (χ1) is 9.04. The van der Waals surface area contributed by atoms with E-state index in [4.69, 9.17) is 0 Å². The van der Waals surface area contributed by atoms with Crippen LogP contribution in [0.15, 0.2) is 24.3 Å². The van der Waals surface area contributed by atoms with Crippen molar-refractivity contribution in [1.82, 2.24) is 4.90 Å². The monoisotopic (exact) mass is 262 g/mol. The third-order valence-electron chi connectivity index (χ3n) is 3.88. The fourth-order valence-corrected chi connectivity index (χ4v) is 2.55. The Balaban J connectivity index is 2.35. The van der Waals surface area contributed by atoms with Crippen LogP contribution in [-0.4, -0.2) is 48.2 Å². The Hall–Kier alpha value is -1.39. The van der Waals surface area contributed by atoms with Crippen molar-refractivity contribution in [1.29, 1.82) is 0 Å². The number of carbonyl (C=O) groups is 1. The molecule has 0 saturated carbocycles. The number of likely N-dealkylation sites (N-methyl/N-ethyl adjacent to an activating group) is 1. The molecule has 0 radical (unpaired) electrons. The van der Waals surface area contributed by atoms with Crippen molar-refractivity contribution in [3.8, 4) is 0 Å². The molecule has 1 fully saturated rings. The van der Waals surface area contributed by atoms with Crippen molar-refractivity contribution < 1.29 is 9.90 Å². The van der Waals surface area contributed by atoms with Crippen LogP contribution in [0.25, 0.3) is 0 Å². The normalized spacial score (nSPS) is 25.5. The maximum absolute atomic E-state index is 12.6. The van der Waals surface area contributed by atoms with Crippen molar-refractivity contribution >= 4 is 11.6 Å². The smallest absolute Gasteiger partial charge is 0.246 e. The number of hydrogen-bond acceptors (Lipinski definition) is 3. The molecule has 2 atom stereocenters. The van der Waals surface area contributed by atoms with E-state index in [9.17, 15) is 9.90 Å². The highest BCUT2D eigenvalue weighted by atomic mass is 16.3. The Labute approximate surface area is 114 Å². The van der Waals surface area contributed by atoms with Crippen LogP contribution in [0, 0.1) is 6.92 Å². The van der Waals surface area contributed by atoms with Gasteiger partial charge in [-0.2, -0.15) is 0 Å². The molecule has 1 saturated heterocycles. The molecule has 1 aromatic rings. The van der Waals surface area contributed by atoms with Gasteiger partial charge in [0.2, 0.25) is 5.91 Å². The number of benzene rings is 1. The van der Waals surface area contributed by atoms with Gasteiger partial charge in [0.1, 0.15) is 6.04 Å². The first-order valence-corrected chi connectivity index (χ1v) is 6.75. The molecule has 1 aromatic carbocycles. The van der Waals surface area contributed by atoms with Crippen molar-refractivity contribution in [2.24, 2.45) is 0 Å². The van der Waals surface area contributed by atoms with Gasteiger partial charge in [-0.3, -0.25) is 9.69 Å². The van der Waals surface area contributed by atoms with Crippen LogP contribution in [-0.2, 0) is 4.79 Å². The summed E-state index contributed by atoms with van der Waals surface area (Å²) >= 11 is 0. The number of hydrogen-bond donors (Lipinski definition) is 1. The van der Waals surface area contributed by atoms with Crippen molar-refractivity contribution in [3.05, 3.63) is 29.8 Å². The van der Waals surface area contributed by atoms with Crippen LogP contribution >= 0.6 is 0 Å². The zero-order chi connectivity index (χ0) is 14.0. The molecule has 0 bridgehead atoms. The van der Waals surface area contributed by atoms with Gasteiger partial charge in [0, 0.05) is 18.3 Å². The van der Waals surface area contributed by atoms with Crippen LogP contribution in [0.2, 0.25) is 0 Å². The highest BCUT2D eigenvalue weighted by molar-refractivity contribution is 5.98. The molecule has 2 unspecified atom stereocenters. The molecule has 19 heavy (non-hydrogen) atoms. The molecule has 1 aliphatic rings. The molecule has 2 rings (SSSR count). The molecule has 4 heteroatoms. The van der Waals surface area contributed by atoms with E-state index in [-0.39, 0.29) is 18.6 Å². The summed E-state index contributed by atoms with van der Waals surface area (Å²) in [5.74, 6) is -0.0150. The molecular weight excluding hydrogens is 240 g/mol. The Morgan fingerprint density at radius 3 is 2.53 bits per heavy atom. The van der Waals surface area contributed by atoms with E-state index in [1.807, 2.05) is 48.0 Å². The number of anilines is 1. The maximum atomic E-state index is 12.6. The first-order valence-electron chi connectivity index (χ1n) is 6.75. The molecule has 1 amide bonds. The summed E-state index contributed by atoms with van der Waals surface area (Å²) < 4.78 is 0. The predicted octanol–water partition coefficient (Wildman–Crippen LogP) is 1.41. The number of aryl methyl sites for hydroxylation is 1.